The molecule has 3 aromatic rings. The Labute approximate surface area is 146 Å². The Bertz CT molecular complexity index is 833. The van der Waals surface area contributed by atoms with Crippen LogP contribution in [0.3, 0.4) is 0 Å². The van der Waals surface area contributed by atoms with Gasteiger partial charge < -0.3 is 15.3 Å². The van der Waals surface area contributed by atoms with Gasteiger partial charge >= 0.3 is 0 Å². The van der Waals surface area contributed by atoms with E-state index >= 15 is 0 Å². The van der Waals surface area contributed by atoms with E-state index in [4.69, 9.17) is 5.11 Å². The Hall–Kier alpha value is -3.18. The molecule has 0 fully saturated rings. The van der Waals surface area contributed by atoms with Crippen molar-refractivity contribution in [3.63, 3.8) is 0 Å². The lowest BCUT2D eigenvalue weighted by molar-refractivity contribution is 0.318. The molecule has 25 heavy (non-hydrogen) atoms. The maximum Gasteiger partial charge on any atom is 0.143 e. The summed E-state index contributed by atoms with van der Waals surface area (Å²) in [6, 6.07) is 21.6. The maximum absolute atomic E-state index is 9.91. The molecular formula is C20H20N2O3. The van der Waals surface area contributed by atoms with Gasteiger partial charge in [0.1, 0.15) is 22.9 Å². The molecule has 0 amide bonds. The number of azo groups is 1. The number of phenols is 2. The van der Waals surface area contributed by atoms with Crippen molar-refractivity contribution in [2.75, 3.05) is 6.61 Å². The maximum atomic E-state index is 9.91. The molecule has 0 aliphatic carbocycles. The molecule has 5 heteroatoms. The van der Waals surface area contributed by atoms with Crippen molar-refractivity contribution in [2.24, 2.45) is 10.2 Å². The highest BCUT2D eigenvalue weighted by atomic mass is 16.3. The second-order valence-corrected chi connectivity index (χ2v) is 5.07. The molecule has 0 aliphatic heterocycles. The molecular weight excluding hydrogens is 316 g/mol. The van der Waals surface area contributed by atoms with Gasteiger partial charge in [0, 0.05) is 6.61 Å². The molecule has 0 heterocycles. The second kappa shape index (κ2) is 9.20. The molecule has 5 nitrogen and oxygen atoms in total. The number of rotatable bonds is 3. The lowest BCUT2D eigenvalue weighted by Gasteiger charge is -2.04. The molecule has 0 bridgehead atoms. The lowest BCUT2D eigenvalue weighted by atomic mass is 10.1. The first-order valence-corrected chi connectivity index (χ1v) is 7.84. The monoisotopic (exact) mass is 336 g/mol. The van der Waals surface area contributed by atoms with Crippen LogP contribution in [-0.4, -0.2) is 21.9 Å². The van der Waals surface area contributed by atoms with Gasteiger partial charge in [0.05, 0.1) is 0 Å². The Morgan fingerprint density at radius 1 is 0.680 bits per heavy atom. The van der Waals surface area contributed by atoms with Crippen molar-refractivity contribution >= 4 is 11.4 Å². The van der Waals surface area contributed by atoms with Crippen molar-refractivity contribution in [1.82, 2.24) is 0 Å². The van der Waals surface area contributed by atoms with Crippen LogP contribution < -0.4 is 0 Å². The first-order chi connectivity index (χ1) is 12.2. The molecule has 3 rings (SSSR count). The van der Waals surface area contributed by atoms with E-state index in [2.05, 4.69) is 10.2 Å². The number of aliphatic hydroxyl groups excluding tert-OH is 1. The summed E-state index contributed by atoms with van der Waals surface area (Å²) >= 11 is 0. The van der Waals surface area contributed by atoms with Crippen LogP contribution in [0.2, 0.25) is 0 Å². The smallest absolute Gasteiger partial charge is 0.143 e. The first kappa shape index (κ1) is 18.2. The van der Waals surface area contributed by atoms with Crippen LogP contribution in [0, 0.1) is 0 Å². The van der Waals surface area contributed by atoms with E-state index in [1.54, 1.807) is 37.3 Å². The molecule has 0 aliphatic rings. The average Bonchev–Trinajstić information content (AvgIpc) is 2.64. The SMILES string of the molecule is CCO.Oc1ccccc1N=Nc1cc(-c2ccccc2)ccc1O. The number of aromatic hydroxyl groups is 2. The van der Waals surface area contributed by atoms with E-state index in [1.165, 1.54) is 6.07 Å². The fourth-order valence-electron chi connectivity index (χ4n) is 2.07. The Morgan fingerprint density at radius 3 is 1.92 bits per heavy atom. The minimum Gasteiger partial charge on any atom is -0.506 e. The third-order valence-corrected chi connectivity index (χ3v) is 3.23. The third-order valence-electron chi connectivity index (χ3n) is 3.23. The number of nitrogens with zero attached hydrogens (tertiary/aromatic N) is 2. The standard InChI is InChI=1S/C18H14N2O2.C2H6O/c21-17-9-5-4-8-15(17)19-20-16-12-14(10-11-18(16)22)13-6-2-1-3-7-13;1-2-3/h1-12,21-22H;3H,2H2,1H3. The number of hydrogen-bond donors (Lipinski definition) is 3. The van der Waals surface area contributed by atoms with Crippen LogP contribution in [0.1, 0.15) is 6.92 Å². The fourth-order valence-corrected chi connectivity index (χ4v) is 2.07. The van der Waals surface area contributed by atoms with Gasteiger partial charge in [-0.15, -0.1) is 10.2 Å². The van der Waals surface area contributed by atoms with E-state index in [0.717, 1.165) is 11.1 Å². The third kappa shape index (κ3) is 5.16. The topological polar surface area (TPSA) is 85.4 Å². The number of para-hydroxylation sites is 1. The minimum atomic E-state index is 0.0406. The van der Waals surface area contributed by atoms with Crippen LogP contribution in [-0.2, 0) is 0 Å². The van der Waals surface area contributed by atoms with Crippen LogP contribution in [0.4, 0.5) is 11.4 Å². The summed E-state index contributed by atoms with van der Waals surface area (Å²) in [4.78, 5) is 0. The van der Waals surface area contributed by atoms with Gasteiger partial charge in [0.15, 0.2) is 0 Å². The Balaban J connectivity index is 0.000000701. The van der Waals surface area contributed by atoms with Gasteiger partial charge in [-0.3, -0.25) is 0 Å². The fraction of sp³-hybridized carbons (Fsp3) is 0.100. The van der Waals surface area contributed by atoms with Crippen molar-refractivity contribution in [3.05, 3.63) is 72.8 Å². The quantitative estimate of drug-likeness (QED) is 0.576. The number of aliphatic hydroxyl groups is 1. The summed E-state index contributed by atoms with van der Waals surface area (Å²) in [5.41, 5.74) is 2.67. The molecule has 3 aromatic carbocycles. The van der Waals surface area contributed by atoms with E-state index < -0.39 is 0 Å². The van der Waals surface area contributed by atoms with Gasteiger partial charge in [0.2, 0.25) is 0 Å². The Kier molecular flexibility index (Phi) is 6.68. The van der Waals surface area contributed by atoms with Gasteiger partial charge in [-0.2, -0.15) is 0 Å². The molecule has 0 saturated carbocycles. The summed E-state index contributed by atoms with van der Waals surface area (Å²) in [5.74, 6) is 0.0869. The molecule has 0 unspecified atom stereocenters. The summed E-state index contributed by atoms with van der Waals surface area (Å²) in [6.45, 7) is 1.93. The van der Waals surface area contributed by atoms with E-state index in [1.807, 2.05) is 36.4 Å². The number of phenolic OH excluding ortho intramolecular Hbond substituents is 2. The van der Waals surface area contributed by atoms with Crippen molar-refractivity contribution < 1.29 is 15.3 Å². The molecule has 128 valence electrons. The van der Waals surface area contributed by atoms with E-state index in [-0.39, 0.29) is 18.1 Å². The van der Waals surface area contributed by atoms with Gasteiger partial charge in [0.25, 0.3) is 0 Å². The summed E-state index contributed by atoms with van der Waals surface area (Å²) in [5, 5.41) is 35.2. The predicted octanol–water partition coefficient (Wildman–Crippen LogP) is 5.18. The van der Waals surface area contributed by atoms with Crippen molar-refractivity contribution in [1.29, 1.82) is 0 Å². The average molecular weight is 336 g/mol. The van der Waals surface area contributed by atoms with Crippen LogP contribution in [0.5, 0.6) is 11.5 Å². The van der Waals surface area contributed by atoms with Crippen molar-refractivity contribution in [3.8, 4) is 22.6 Å². The highest BCUT2D eigenvalue weighted by Crippen LogP contribution is 2.34. The van der Waals surface area contributed by atoms with E-state index in [0.29, 0.717) is 11.4 Å². The number of hydrogen-bond acceptors (Lipinski definition) is 5. The Morgan fingerprint density at radius 2 is 1.24 bits per heavy atom. The van der Waals surface area contributed by atoms with Gasteiger partial charge in [-0.05, 0) is 42.3 Å². The van der Waals surface area contributed by atoms with Crippen LogP contribution in [0.25, 0.3) is 11.1 Å². The zero-order chi connectivity index (χ0) is 18.1. The van der Waals surface area contributed by atoms with Crippen LogP contribution >= 0.6 is 0 Å². The number of benzene rings is 3. The lowest BCUT2D eigenvalue weighted by Crippen LogP contribution is -1.77. The van der Waals surface area contributed by atoms with E-state index in [9.17, 15) is 10.2 Å². The molecule has 0 saturated heterocycles. The summed E-state index contributed by atoms with van der Waals surface area (Å²) in [7, 11) is 0. The summed E-state index contributed by atoms with van der Waals surface area (Å²) in [6.07, 6.45) is 0. The van der Waals surface area contributed by atoms with Crippen LogP contribution in [0.15, 0.2) is 83.0 Å². The molecule has 3 N–H and O–H groups in total. The molecule has 0 aromatic heterocycles. The molecule has 0 atom stereocenters. The first-order valence-electron chi connectivity index (χ1n) is 7.84. The highest BCUT2D eigenvalue weighted by Gasteiger charge is 2.04. The summed E-state index contributed by atoms with van der Waals surface area (Å²) < 4.78 is 0. The molecule has 0 radical (unpaired) electrons. The highest BCUT2D eigenvalue weighted by molar-refractivity contribution is 5.70. The normalized spacial score (nSPS) is 10.3. The van der Waals surface area contributed by atoms with Gasteiger partial charge in [-0.1, -0.05) is 48.5 Å². The second-order valence-electron chi connectivity index (χ2n) is 5.07. The largest absolute Gasteiger partial charge is 0.506 e. The molecule has 0 spiro atoms. The minimum absolute atomic E-state index is 0.0406. The predicted molar refractivity (Wildman–Crippen MR) is 98.6 cm³/mol. The van der Waals surface area contributed by atoms with Crippen molar-refractivity contribution in [2.45, 2.75) is 6.92 Å². The zero-order valence-corrected chi connectivity index (χ0v) is 13.9. The van der Waals surface area contributed by atoms with Gasteiger partial charge in [-0.25, -0.2) is 0 Å². The zero-order valence-electron chi connectivity index (χ0n) is 13.9.